The van der Waals surface area contributed by atoms with E-state index in [2.05, 4.69) is 29.8 Å². The average molecular weight is 547 g/mol. The first-order chi connectivity index (χ1) is 18.6. The Balaban J connectivity index is 0.00000560. The maximum Gasteiger partial charge on any atom is 0.246 e. The molecular formula is C30H50N4O5. The lowest BCUT2D eigenvalue weighted by Crippen LogP contribution is -2.58. The summed E-state index contributed by atoms with van der Waals surface area (Å²) in [4.78, 5) is 63.9. The standard InChI is InChI=1S/C30H44N4O5.3H2/c1-5-20(2)18-23-10-12-24(13-11-23)33-26(36)22(4)32-29(39)30(14-9-15-30)28(38)31-16-7-6-8-17-34-25(35)19-21(3)27(34)37;;;/h10-13,20-22H,5-9,14-19H2,1-4H3,(H,31,38)(H,32,39)(H,33,36);3*1H/t20?,21?,22-;;;/m0.../s1. The number of carbonyl (C=O) groups excluding carboxylic acids is 5. The Morgan fingerprint density at radius 1 is 1.05 bits per heavy atom. The lowest BCUT2D eigenvalue weighted by atomic mass is 9.67. The molecule has 3 rings (SSSR count). The van der Waals surface area contributed by atoms with E-state index in [1.807, 2.05) is 24.3 Å². The molecule has 1 aliphatic carbocycles. The van der Waals surface area contributed by atoms with Gasteiger partial charge >= 0.3 is 0 Å². The number of likely N-dealkylation sites (tertiary alicyclic amines) is 1. The minimum Gasteiger partial charge on any atom is -0.355 e. The second-order valence-corrected chi connectivity index (χ2v) is 11.3. The number of nitrogens with zero attached hydrogens (tertiary/aromatic N) is 1. The predicted molar refractivity (Wildman–Crippen MR) is 156 cm³/mol. The van der Waals surface area contributed by atoms with E-state index < -0.39 is 17.4 Å². The van der Waals surface area contributed by atoms with E-state index in [9.17, 15) is 24.0 Å². The minimum atomic E-state index is -1.14. The maximum atomic E-state index is 13.1. The molecule has 3 N–H and O–H groups in total. The predicted octanol–water partition coefficient (Wildman–Crippen LogP) is 4.31. The highest BCUT2D eigenvalue weighted by molar-refractivity contribution is 6.07. The first kappa shape index (κ1) is 30.3. The van der Waals surface area contributed by atoms with E-state index in [1.54, 1.807) is 13.8 Å². The molecule has 0 aromatic heterocycles. The summed E-state index contributed by atoms with van der Waals surface area (Å²) < 4.78 is 0. The highest BCUT2D eigenvalue weighted by Crippen LogP contribution is 2.41. The smallest absolute Gasteiger partial charge is 0.246 e. The number of amides is 5. The minimum absolute atomic E-state index is 0. The molecule has 1 aromatic carbocycles. The molecule has 3 atom stereocenters. The number of hydrogen-bond acceptors (Lipinski definition) is 5. The molecule has 1 saturated carbocycles. The monoisotopic (exact) mass is 546 g/mol. The van der Waals surface area contributed by atoms with Crippen molar-refractivity contribution < 1.29 is 28.3 Å². The van der Waals surface area contributed by atoms with Crippen LogP contribution in [-0.2, 0) is 30.4 Å². The van der Waals surface area contributed by atoms with Gasteiger partial charge in [-0.05, 0) is 69.1 Å². The molecule has 220 valence electrons. The van der Waals surface area contributed by atoms with Gasteiger partial charge in [0, 0.05) is 35.4 Å². The summed E-state index contributed by atoms with van der Waals surface area (Å²) in [7, 11) is 0. The van der Waals surface area contributed by atoms with E-state index in [0.29, 0.717) is 50.4 Å². The van der Waals surface area contributed by atoms with E-state index in [4.69, 9.17) is 0 Å². The van der Waals surface area contributed by atoms with Gasteiger partial charge < -0.3 is 16.0 Å². The van der Waals surface area contributed by atoms with Crippen molar-refractivity contribution in [3.05, 3.63) is 29.8 Å². The van der Waals surface area contributed by atoms with Gasteiger partial charge in [0.2, 0.25) is 29.5 Å². The van der Waals surface area contributed by atoms with Crippen molar-refractivity contribution in [2.75, 3.05) is 18.4 Å². The van der Waals surface area contributed by atoms with Gasteiger partial charge in [-0.2, -0.15) is 0 Å². The van der Waals surface area contributed by atoms with Crippen molar-refractivity contribution in [2.45, 2.75) is 91.5 Å². The van der Waals surface area contributed by atoms with Gasteiger partial charge in [0.25, 0.3) is 0 Å². The normalized spacial score (nSPS) is 19.7. The lowest BCUT2D eigenvalue weighted by molar-refractivity contribution is -0.150. The van der Waals surface area contributed by atoms with Crippen LogP contribution in [0.3, 0.4) is 0 Å². The fourth-order valence-corrected chi connectivity index (χ4v) is 5.04. The van der Waals surface area contributed by atoms with Crippen LogP contribution in [0.25, 0.3) is 0 Å². The molecule has 2 unspecified atom stereocenters. The third-order valence-corrected chi connectivity index (χ3v) is 8.13. The van der Waals surface area contributed by atoms with E-state index in [1.165, 1.54) is 10.5 Å². The zero-order chi connectivity index (χ0) is 28.6. The summed E-state index contributed by atoms with van der Waals surface area (Å²) in [6.07, 6.45) is 6.18. The summed E-state index contributed by atoms with van der Waals surface area (Å²) >= 11 is 0. The van der Waals surface area contributed by atoms with Crippen LogP contribution in [0.2, 0.25) is 0 Å². The summed E-state index contributed by atoms with van der Waals surface area (Å²) in [6, 6.07) is 6.95. The van der Waals surface area contributed by atoms with Crippen LogP contribution in [-0.4, -0.2) is 53.6 Å². The largest absolute Gasteiger partial charge is 0.355 e. The first-order valence-electron chi connectivity index (χ1n) is 14.4. The molecule has 0 spiro atoms. The van der Waals surface area contributed by atoms with E-state index in [0.717, 1.165) is 25.7 Å². The number of anilines is 1. The third-order valence-electron chi connectivity index (χ3n) is 8.13. The second kappa shape index (κ2) is 13.7. The highest BCUT2D eigenvalue weighted by atomic mass is 16.2. The highest BCUT2D eigenvalue weighted by Gasteiger charge is 2.51. The Bertz CT molecular complexity index is 1070. The van der Waals surface area contributed by atoms with Gasteiger partial charge in [-0.1, -0.05) is 45.7 Å². The van der Waals surface area contributed by atoms with E-state index >= 15 is 0 Å². The zero-order valence-electron chi connectivity index (χ0n) is 23.8. The Labute approximate surface area is 236 Å². The summed E-state index contributed by atoms with van der Waals surface area (Å²) in [6.45, 7) is 8.58. The Morgan fingerprint density at radius 3 is 2.31 bits per heavy atom. The Hall–Kier alpha value is -3.23. The average Bonchev–Trinajstić information content (AvgIpc) is 3.11. The lowest BCUT2D eigenvalue weighted by Gasteiger charge is -2.39. The van der Waals surface area contributed by atoms with Crippen LogP contribution in [0.15, 0.2) is 24.3 Å². The molecular weight excluding hydrogens is 496 g/mol. The number of imide groups is 1. The molecule has 1 heterocycles. The molecule has 1 aliphatic heterocycles. The maximum absolute atomic E-state index is 13.1. The topological polar surface area (TPSA) is 125 Å². The molecule has 0 radical (unpaired) electrons. The van der Waals surface area contributed by atoms with Crippen LogP contribution in [0, 0.1) is 17.3 Å². The van der Waals surface area contributed by atoms with Crippen LogP contribution in [0.1, 0.15) is 88.9 Å². The van der Waals surface area contributed by atoms with Crippen LogP contribution in [0.5, 0.6) is 0 Å². The van der Waals surface area contributed by atoms with Gasteiger partial charge in [0.1, 0.15) is 11.5 Å². The summed E-state index contributed by atoms with van der Waals surface area (Å²) in [5, 5.41) is 8.46. The van der Waals surface area contributed by atoms with Crippen LogP contribution >= 0.6 is 0 Å². The number of hydrogen-bond donors (Lipinski definition) is 3. The summed E-state index contributed by atoms with van der Waals surface area (Å²) in [5.74, 6) is -0.925. The molecule has 39 heavy (non-hydrogen) atoms. The number of carbonyl (C=O) groups is 5. The number of benzene rings is 1. The van der Waals surface area contributed by atoms with Crippen molar-refractivity contribution in [3.63, 3.8) is 0 Å². The molecule has 2 fully saturated rings. The second-order valence-electron chi connectivity index (χ2n) is 11.3. The van der Waals surface area contributed by atoms with Gasteiger partial charge in [0.05, 0.1) is 0 Å². The molecule has 0 bridgehead atoms. The molecule has 5 amide bonds. The SMILES string of the molecule is CCC(C)Cc1ccc(NC(=O)[C@H](C)NC(=O)C2(C(=O)NCCCCCN3C(=O)CC(C)C3=O)CCC2)cc1.[HH].[HH].[HH]. The number of rotatable bonds is 14. The molecule has 2 aliphatic rings. The van der Waals surface area contributed by atoms with Gasteiger partial charge in [-0.25, -0.2) is 0 Å². The zero-order valence-corrected chi connectivity index (χ0v) is 23.8. The van der Waals surface area contributed by atoms with Crippen molar-refractivity contribution in [3.8, 4) is 0 Å². The number of nitrogens with one attached hydrogen (secondary N) is 3. The van der Waals surface area contributed by atoms with Crippen LogP contribution < -0.4 is 16.0 Å². The fraction of sp³-hybridized carbons (Fsp3) is 0.633. The van der Waals surface area contributed by atoms with Crippen molar-refractivity contribution in [1.29, 1.82) is 0 Å². The fourth-order valence-electron chi connectivity index (χ4n) is 5.04. The van der Waals surface area contributed by atoms with Crippen molar-refractivity contribution in [1.82, 2.24) is 15.5 Å². The Morgan fingerprint density at radius 2 is 1.74 bits per heavy atom. The van der Waals surface area contributed by atoms with Gasteiger partial charge in [0.15, 0.2) is 0 Å². The van der Waals surface area contributed by atoms with Gasteiger partial charge in [-0.15, -0.1) is 0 Å². The summed E-state index contributed by atoms with van der Waals surface area (Å²) in [5.41, 5.74) is 0.739. The third kappa shape index (κ3) is 7.67. The molecule has 9 nitrogen and oxygen atoms in total. The van der Waals surface area contributed by atoms with Crippen molar-refractivity contribution >= 4 is 35.2 Å². The quantitative estimate of drug-likeness (QED) is 0.182. The van der Waals surface area contributed by atoms with Gasteiger partial charge in [-0.3, -0.25) is 28.9 Å². The molecule has 1 saturated heterocycles. The molecule has 9 heteroatoms. The van der Waals surface area contributed by atoms with Crippen molar-refractivity contribution in [2.24, 2.45) is 17.3 Å². The van der Waals surface area contributed by atoms with E-state index in [-0.39, 0.29) is 40.2 Å². The first-order valence-corrected chi connectivity index (χ1v) is 14.4. The number of unbranched alkanes of at least 4 members (excludes halogenated alkanes) is 2. The van der Waals surface area contributed by atoms with Crippen LogP contribution in [0.4, 0.5) is 5.69 Å². The molecule has 1 aromatic rings. The Kier molecular flexibility index (Phi) is 10.7.